The zero-order valence-electron chi connectivity index (χ0n) is 12.2. The minimum atomic E-state index is -0.569. The molecule has 0 unspecified atom stereocenters. The SMILES string of the molecule is O=C(NN=Cc1ccc([N+](=O)[O-])s1)c1cc2ccccc2cc1O. The molecule has 1 heterocycles. The lowest BCUT2D eigenvalue weighted by molar-refractivity contribution is -0.380. The Kier molecular flexibility index (Phi) is 4.21. The van der Waals surface area contributed by atoms with Crippen LogP contribution in [0.5, 0.6) is 5.75 Å². The summed E-state index contributed by atoms with van der Waals surface area (Å²) in [6.07, 6.45) is 1.31. The van der Waals surface area contributed by atoms with Crippen molar-refractivity contribution in [1.29, 1.82) is 0 Å². The van der Waals surface area contributed by atoms with Gasteiger partial charge in [0.2, 0.25) is 0 Å². The first-order valence-corrected chi connectivity index (χ1v) is 7.65. The smallest absolute Gasteiger partial charge is 0.324 e. The average molecular weight is 341 g/mol. The predicted octanol–water partition coefficient (Wildman–Crippen LogP) is 3.28. The minimum absolute atomic E-state index is 0.00468. The summed E-state index contributed by atoms with van der Waals surface area (Å²) in [5.41, 5.74) is 2.40. The van der Waals surface area contributed by atoms with E-state index in [1.807, 2.05) is 24.3 Å². The maximum atomic E-state index is 12.1. The molecule has 1 aromatic heterocycles. The normalized spacial score (nSPS) is 11.0. The van der Waals surface area contributed by atoms with Crippen molar-refractivity contribution < 1.29 is 14.8 Å². The summed E-state index contributed by atoms with van der Waals surface area (Å²) in [4.78, 5) is 22.8. The Morgan fingerprint density at radius 2 is 1.92 bits per heavy atom. The summed E-state index contributed by atoms with van der Waals surface area (Å²) in [6, 6.07) is 13.3. The highest BCUT2D eigenvalue weighted by atomic mass is 32.1. The van der Waals surface area contributed by atoms with Crippen LogP contribution in [0.3, 0.4) is 0 Å². The van der Waals surface area contributed by atoms with E-state index in [9.17, 15) is 20.0 Å². The van der Waals surface area contributed by atoms with Crippen molar-refractivity contribution in [3.05, 3.63) is 69.1 Å². The fourth-order valence-corrected chi connectivity index (χ4v) is 2.83. The van der Waals surface area contributed by atoms with Gasteiger partial charge in [0, 0.05) is 6.07 Å². The van der Waals surface area contributed by atoms with Crippen LogP contribution in [0.15, 0.2) is 53.6 Å². The molecule has 2 aromatic carbocycles. The van der Waals surface area contributed by atoms with E-state index in [2.05, 4.69) is 10.5 Å². The van der Waals surface area contributed by atoms with Gasteiger partial charge in [-0.3, -0.25) is 14.9 Å². The molecule has 0 aliphatic carbocycles. The Morgan fingerprint density at radius 1 is 1.21 bits per heavy atom. The van der Waals surface area contributed by atoms with Gasteiger partial charge < -0.3 is 5.11 Å². The van der Waals surface area contributed by atoms with Crippen LogP contribution in [0.1, 0.15) is 15.2 Å². The molecule has 0 bridgehead atoms. The number of phenolic OH excluding ortho intramolecular Hbond substituents is 1. The average Bonchev–Trinajstić information content (AvgIpc) is 3.03. The molecule has 8 heteroatoms. The monoisotopic (exact) mass is 341 g/mol. The molecule has 0 saturated carbocycles. The molecule has 0 radical (unpaired) electrons. The Bertz CT molecular complexity index is 965. The van der Waals surface area contributed by atoms with Gasteiger partial charge in [0.05, 0.1) is 21.6 Å². The predicted molar refractivity (Wildman–Crippen MR) is 91.6 cm³/mol. The van der Waals surface area contributed by atoms with Crippen LogP contribution >= 0.6 is 11.3 Å². The van der Waals surface area contributed by atoms with Gasteiger partial charge in [0.15, 0.2) is 0 Å². The number of rotatable bonds is 4. The van der Waals surface area contributed by atoms with Crippen LogP contribution in [-0.2, 0) is 0 Å². The van der Waals surface area contributed by atoms with E-state index < -0.39 is 10.8 Å². The summed E-state index contributed by atoms with van der Waals surface area (Å²) in [7, 11) is 0. The number of nitrogens with zero attached hydrogens (tertiary/aromatic N) is 2. The topological polar surface area (TPSA) is 105 Å². The second kappa shape index (κ2) is 6.47. The van der Waals surface area contributed by atoms with Crippen LogP contribution < -0.4 is 5.43 Å². The highest BCUT2D eigenvalue weighted by molar-refractivity contribution is 7.16. The molecular weight excluding hydrogens is 330 g/mol. The number of carbonyl (C=O) groups is 1. The van der Waals surface area contributed by atoms with Gasteiger partial charge in [-0.25, -0.2) is 5.43 Å². The number of aromatic hydroxyl groups is 1. The summed E-state index contributed by atoms with van der Waals surface area (Å²) in [6.45, 7) is 0. The maximum Gasteiger partial charge on any atom is 0.324 e. The molecule has 7 nitrogen and oxygen atoms in total. The van der Waals surface area contributed by atoms with E-state index in [-0.39, 0.29) is 16.3 Å². The zero-order valence-corrected chi connectivity index (χ0v) is 13.0. The van der Waals surface area contributed by atoms with Crippen molar-refractivity contribution in [2.24, 2.45) is 5.10 Å². The highest BCUT2D eigenvalue weighted by Gasteiger charge is 2.12. The first kappa shape index (κ1) is 15.6. The lowest BCUT2D eigenvalue weighted by atomic mass is 10.1. The summed E-state index contributed by atoms with van der Waals surface area (Å²) >= 11 is 0.944. The number of benzene rings is 2. The first-order valence-electron chi connectivity index (χ1n) is 6.84. The molecule has 3 aromatic rings. The largest absolute Gasteiger partial charge is 0.507 e. The molecule has 1 amide bonds. The number of thiophene rings is 1. The van der Waals surface area contributed by atoms with E-state index in [0.717, 1.165) is 22.1 Å². The Labute approximate surface area is 140 Å². The fraction of sp³-hybridized carbons (Fsp3) is 0. The molecule has 2 N–H and O–H groups in total. The Hall–Kier alpha value is -3.26. The third-order valence-electron chi connectivity index (χ3n) is 3.26. The number of nitrogens with one attached hydrogen (secondary N) is 1. The molecule has 0 aliphatic heterocycles. The van der Waals surface area contributed by atoms with Crippen LogP contribution in [0.4, 0.5) is 5.00 Å². The van der Waals surface area contributed by atoms with Gasteiger partial charge in [0.25, 0.3) is 5.91 Å². The molecule has 0 aliphatic rings. The van der Waals surface area contributed by atoms with E-state index >= 15 is 0 Å². The number of hydrogen-bond donors (Lipinski definition) is 2. The van der Waals surface area contributed by atoms with E-state index in [4.69, 9.17) is 0 Å². The van der Waals surface area contributed by atoms with Crippen LogP contribution in [0, 0.1) is 10.1 Å². The Balaban J connectivity index is 1.75. The Morgan fingerprint density at radius 3 is 2.58 bits per heavy atom. The quantitative estimate of drug-likeness (QED) is 0.431. The number of amides is 1. The lowest BCUT2D eigenvalue weighted by Gasteiger charge is -2.05. The van der Waals surface area contributed by atoms with Gasteiger partial charge in [-0.05, 0) is 29.0 Å². The molecule has 24 heavy (non-hydrogen) atoms. The second-order valence-electron chi connectivity index (χ2n) is 4.85. The second-order valence-corrected chi connectivity index (χ2v) is 5.94. The standard InChI is InChI=1S/C16H11N3O4S/c20-14-8-11-4-2-1-3-10(11)7-13(14)16(21)18-17-9-12-5-6-15(24-12)19(22)23/h1-9,20H,(H,18,21). The first-order chi connectivity index (χ1) is 11.5. The van der Waals surface area contributed by atoms with Crippen molar-refractivity contribution in [2.45, 2.75) is 0 Å². The number of hydrogen-bond acceptors (Lipinski definition) is 6. The molecule has 120 valence electrons. The molecule has 3 rings (SSSR count). The van der Waals surface area contributed by atoms with Crippen LogP contribution in [-0.4, -0.2) is 22.2 Å². The number of phenols is 1. The van der Waals surface area contributed by atoms with Crippen molar-refractivity contribution in [3.63, 3.8) is 0 Å². The number of nitro groups is 1. The lowest BCUT2D eigenvalue weighted by Crippen LogP contribution is -2.17. The van der Waals surface area contributed by atoms with E-state index in [1.165, 1.54) is 24.4 Å². The number of hydrazone groups is 1. The summed E-state index contributed by atoms with van der Waals surface area (Å²) < 4.78 is 0. The van der Waals surface area contributed by atoms with Crippen molar-refractivity contribution in [3.8, 4) is 5.75 Å². The van der Waals surface area contributed by atoms with Gasteiger partial charge in [0.1, 0.15) is 5.75 Å². The fourth-order valence-electron chi connectivity index (χ4n) is 2.13. The molecular formula is C16H11N3O4S. The molecule has 0 fully saturated rings. The van der Waals surface area contributed by atoms with Crippen molar-refractivity contribution in [2.75, 3.05) is 0 Å². The van der Waals surface area contributed by atoms with Crippen molar-refractivity contribution in [1.82, 2.24) is 5.43 Å². The third kappa shape index (κ3) is 3.23. The molecule has 0 spiro atoms. The van der Waals surface area contributed by atoms with Gasteiger partial charge in [-0.2, -0.15) is 5.10 Å². The van der Waals surface area contributed by atoms with Gasteiger partial charge >= 0.3 is 5.00 Å². The van der Waals surface area contributed by atoms with Gasteiger partial charge in [-0.1, -0.05) is 35.6 Å². The number of fused-ring (bicyclic) bond motifs is 1. The van der Waals surface area contributed by atoms with Crippen LogP contribution in [0.2, 0.25) is 0 Å². The minimum Gasteiger partial charge on any atom is -0.507 e. The maximum absolute atomic E-state index is 12.1. The zero-order chi connectivity index (χ0) is 17.1. The summed E-state index contributed by atoms with van der Waals surface area (Å²) in [5, 5.41) is 26.0. The summed E-state index contributed by atoms with van der Waals surface area (Å²) in [5.74, 6) is -0.714. The highest BCUT2D eigenvalue weighted by Crippen LogP contribution is 2.25. The van der Waals surface area contributed by atoms with Crippen LogP contribution in [0.25, 0.3) is 10.8 Å². The van der Waals surface area contributed by atoms with E-state index in [0.29, 0.717) is 4.88 Å². The number of carbonyl (C=O) groups excluding carboxylic acids is 1. The van der Waals surface area contributed by atoms with Gasteiger partial charge in [-0.15, -0.1) is 0 Å². The van der Waals surface area contributed by atoms with Crippen molar-refractivity contribution >= 4 is 39.2 Å². The molecule has 0 saturated heterocycles. The van der Waals surface area contributed by atoms with E-state index in [1.54, 1.807) is 6.07 Å². The molecule has 0 atom stereocenters. The third-order valence-corrected chi connectivity index (χ3v) is 4.23.